The van der Waals surface area contributed by atoms with E-state index in [2.05, 4.69) is 0 Å². The molecule has 0 saturated carbocycles. The molecule has 1 atom stereocenters. The largest absolute Gasteiger partial charge is 0.478 e. The SMILES string of the molecule is CN(C)CC(=O)NC(O)C(=O)O. The normalized spacial score (nSPS) is 12.7. The number of carbonyl (C=O) groups is 2. The maximum absolute atomic E-state index is 10.8. The first-order chi connectivity index (χ1) is 5.43. The van der Waals surface area contributed by atoms with E-state index in [1.807, 2.05) is 5.32 Å². The van der Waals surface area contributed by atoms with Crippen molar-refractivity contribution in [1.29, 1.82) is 0 Å². The van der Waals surface area contributed by atoms with Gasteiger partial charge in [0.25, 0.3) is 0 Å². The summed E-state index contributed by atoms with van der Waals surface area (Å²) in [7, 11) is 3.32. The molecule has 0 heterocycles. The van der Waals surface area contributed by atoms with Crippen molar-refractivity contribution in [2.24, 2.45) is 0 Å². The van der Waals surface area contributed by atoms with Crippen LogP contribution in [0.3, 0.4) is 0 Å². The number of carboxylic acids is 1. The summed E-state index contributed by atoms with van der Waals surface area (Å²) >= 11 is 0. The minimum Gasteiger partial charge on any atom is -0.478 e. The van der Waals surface area contributed by atoms with E-state index >= 15 is 0 Å². The summed E-state index contributed by atoms with van der Waals surface area (Å²) in [6, 6.07) is 0. The first-order valence-corrected chi connectivity index (χ1v) is 3.28. The smallest absolute Gasteiger partial charge is 0.353 e. The average Bonchev–Trinajstić information content (AvgIpc) is 1.84. The first kappa shape index (κ1) is 10.9. The first-order valence-electron chi connectivity index (χ1n) is 3.28. The lowest BCUT2D eigenvalue weighted by Gasteiger charge is -2.11. The predicted octanol–water partition coefficient (Wildman–Crippen LogP) is -1.93. The summed E-state index contributed by atoms with van der Waals surface area (Å²) in [4.78, 5) is 22.4. The summed E-state index contributed by atoms with van der Waals surface area (Å²) in [5.74, 6) is -2.00. The fraction of sp³-hybridized carbons (Fsp3) is 0.667. The van der Waals surface area contributed by atoms with Gasteiger partial charge in [-0.15, -0.1) is 0 Å². The number of carbonyl (C=O) groups excluding carboxylic acids is 1. The Morgan fingerprint density at radius 2 is 2.00 bits per heavy atom. The Kier molecular flexibility index (Phi) is 4.24. The molecule has 0 saturated heterocycles. The maximum Gasteiger partial charge on any atom is 0.353 e. The van der Waals surface area contributed by atoms with E-state index in [1.165, 1.54) is 0 Å². The van der Waals surface area contributed by atoms with E-state index in [0.29, 0.717) is 0 Å². The second-order valence-electron chi connectivity index (χ2n) is 2.55. The van der Waals surface area contributed by atoms with Crippen molar-refractivity contribution in [2.75, 3.05) is 20.6 Å². The molecule has 6 nitrogen and oxygen atoms in total. The van der Waals surface area contributed by atoms with E-state index in [1.54, 1.807) is 19.0 Å². The number of carboxylic acid groups (broad SMARTS) is 1. The fourth-order valence-electron chi connectivity index (χ4n) is 0.547. The molecule has 3 N–H and O–H groups in total. The second kappa shape index (κ2) is 4.68. The summed E-state index contributed by atoms with van der Waals surface area (Å²) < 4.78 is 0. The van der Waals surface area contributed by atoms with Crippen molar-refractivity contribution < 1.29 is 19.8 Å². The topological polar surface area (TPSA) is 89.9 Å². The van der Waals surface area contributed by atoms with Crippen LogP contribution >= 0.6 is 0 Å². The Labute approximate surface area is 69.8 Å². The van der Waals surface area contributed by atoms with E-state index in [4.69, 9.17) is 10.2 Å². The lowest BCUT2D eigenvalue weighted by molar-refractivity contribution is -0.151. The number of aliphatic carboxylic acids is 1. The zero-order valence-corrected chi connectivity index (χ0v) is 6.94. The Bertz CT molecular complexity index is 180. The van der Waals surface area contributed by atoms with Crippen LogP contribution in [-0.2, 0) is 9.59 Å². The van der Waals surface area contributed by atoms with Crippen LogP contribution in [0.4, 0.5) is 0 Å². The predicted molar refractivity (Wildman–Crippen MR) is 40.3 cm³/mol. The zero-order chi connectivity index (χ0) is 9.72. The van der Waals surface area contributed by atoms with Crippen molar-refractivity contribution in [1.82, 2.24) is 10.2 Å². The average molecular weight is 176 g/mol. The molecule has 1 amide bonds. The van der Waals surface area contributed by atoms with Gasteiger partial charge in [0.15, 0.2) is 0 Å². The molecule has 6 heteroatoms. The minimum absolute atomic E-state index is 0.0460. The summed E-state index contributed by atoms with van der Waals surface area (Å²) in [5, 5.41) is 18.7. The molecule has 0 aliphatic carbocycles. The molecule has 0 aliphatic rings. The van der Waals surface area contributed by atoms with E-state index in [-0.39, 0.29) is 6.54 Å². The number of nitrogens with zero attached hydrogens (tertiary/aromatic N) is 1. The molecule has 0 spiro atoms. The molecular weight excluding hydrogens is 164 g/mol. The van der Waals surface area contributed by atoms with Crippen molar-refractivity contribution in [2.45, 2.75) is 6.23 Å². The van der Waals surface area contributed by atoms with Gasteiger partial charge in [-0.2, -0.15) is 0 Å². The van der Waals surface area contributed by atoms with Crippen LogP contribution in [0.15, 0.2) is 0 Å². The van der Waals surface area contributed by atoms with Gasteiger partial charge in [-0.25, -0.2) is 4.79 Å². The number of nitrogens with one attached hydrogen (secondary N) is 1. The van der Waals surface area contributed by atoms with Gasteiger partial charge in [0, 0.05) is 0 Å². The van der Waals surface area contributed by atoms with Gasteiger partial charge < -0.3 is 20.4 Å². The number of rotatable bonds is 4. The van der Waals surface area contributed by atoms with Gasteiger partial charge in [-0.3, -0.25) is 4.79 Å². The Morgan fingerprint density at radius 3 is 2.33 bits per heavy atom. The standard InChI is InChI=1S/C6H12N2O4/c1-8(2)3-4(9)7-5(10)6(11)12/h5,10H,3H2,1-2H3,(H,7,9)(H,11,12). The van der Waals surface area contributed by atoms with Crippen LogP contribution in [0.2, 0.25) is 0 Å². The number of hydrogen-bond donors (Lipinski definition) is 3. The number of amides is 1. The molecule has 12 heavy (non-hydrogen) atoms. The van der Waals surface area contributed by atoms with Gasteiger partial charge in [0.05, 0.1) is 6.54 Å². The molecule has 0 radical (unpaired) electrons. The van der Waals surface area contributed by atoms with Crippen LogP contribution in [0.25, 0.3) is 0 Å². The van der Waals surface area contributed by atoms with Crippen molar-refractivity contribution in [3.8, 4) is 0 Å². The van der Waals surface area contributed by atoms with Crippen LogP contribution in [0.1, 0.15) is 0 Å². The van der Waals surface area contributed by atoms with E-state index in [0.717, 1.165) is 0 Å². The van der Waals surface area contributed by atoms with Gasteiger partial charge in [0.2, 0.25) is 12.1 Å². The minimum atomic E-state index is -1.82. The lowest BCUT2D eigenvalue weighted by Crippen LogP contribution is -2.44. The molecular formula is C6H12N2O4. The van der Waals surface area contributed by atoms with Crippen molar-refractivity contribution in [3.63, 3.8) is 0 Å². The van der Waals surface area contributed by atoms with Gasteiger partial charge in [-0.05, 0) is 14.1 Å². The van der Waals surface area contributed by atoms with Crippen LogP contribution in [0, 0.1) is 0 Å². The molecule has 0 aliphatic heterocycles. The van der Waals surface area contributed by atoms with E-state index in [9.17, 15) is 9.59 Å². The van der Waals surface area contributed by atoms with Gasteiger partial charge >= 0.3 is 5.97 Å². The quantitative estimate of drug-likeness (QED) is 0.434. The van der Waals surface area contributed by atoms with Gasteiger partial charge in [-0.1, -0.05) is 0 Å². The van der Waals surface area contributed by atoms with Crippen LogP contribution < -0.4 is 5.32 Å². The highest BCUT2D eigenvalue weighted by Crippen LogP contribution is 1.79. The van der Waals surface area contributed by atoms with Crippen LogP contribution in [-0.4, -0.2) is 53.9 Å². The van der Waals surface area contributed by atoms with E-state index < -0.39 is 18.1 Å². The Hall–Kier alpha value is -1.14. The van der Waals surface area contributed by atoms with Crippen molar-refractivity contribution >= 4 is 11.9 Å². The number of aliphatic hydroxyl groups is 1. The molecule has 0 aromatic carbocycles. The monoisotopic (exact) mass is 176 g/mol. The number of hydrogen-bond acceptors (Lipinski definition) is 4. The zero-order valence-electron chi connectivity index (χ0n) is 6.94. The number of aliphatic hydroxyl groups excluding tert-OH is 1. The molecule has 0 aromatic rings. The molecule has 0 bridgehead atoms. The van der Waals surface area contributed by atoms with Crippen LogP contribution in [0.5, 0.6) is 0 Å². The number of likely N-dealkylation sites (N-methyl/N-ethyl adjacent to an activating group) is 1. The maximum atomic E-state index is 10.8. The summed E-state index contributed by atoms with van der Waals surface area (Å²) in [6.45, 7) is 0.0460. The third-order valence-corrected chi connectivity index (χ3v) is 0.991. The second-order valence-corrected chi connectivity index (χ2v) is 2.55. The lowest BCUT2D eigenvalue weighted by atomic mass is 10.5. The molecule has 0 fully saturated rings. The van der Waals surface area contributed by atoms with Gasteiger partial charge in [0.1, 0.15) is 0 Å². The Balaban J connectivity index is 3.77. The third kappa shape index (κ3) is 4.64. The summed E-state index contributed by atoms with van der Waals surface area (Å²) in [6.07, 6.45) is -1.82. The Morgan fingerprint density at radius 1 is 1.50 bits per heavy atom. The molecule has 0 rings (SSSR count). The highest BCUT2D eigenvalue weighted by molar-refractivity contribution is 5.83. The third-order valence-electron chi connectivity index (χ3n) is 0.991. The fourth-order valence-corrected chi connectivity index (χ4v) is 0.547. The molecule has 1 unspecified atom stereocenters. The molecule has 0 aromatic heterocycles. The molecule has 70 valence electrons. The highest BCUT2D eigenvalue weighted by atomic mass is 16.4. The highest BCUT2D eigenvalue weighted by Gasteiger charge is 2.15. The summed E-state index contributed by atoms with van der Waals surface area (Å²) in [5.41, 5.74) is 0. The van der Waals surface area contributed by atoms with Crippen molar-refractivity contribution in [3.05, 3.63) is 0 Å².